The van der Waals surface area contributed by atoms with Crippen molar-refractivity contribution in [3.8, 4) is 5.75 Å². The number of fused-ring (bicyclic) bond motifs is 3. The second-order valence-corrected chi connectivity index (χ2v) is 17.4. The van der Waals surface area contributed by atoms with Gasteiger partial charge in [-0.15, -0.1) is 0 Å². The molecule has 1 amide bonds. The number of sulfone groups is 2. The van der Waals surface area contributed by atoms with Gasteiger partial charge in [-0.1, -0.05) is 11.6 Å². The Balaban J connectivity index is 1.44. The normalized spacial score (nSPS) is 25.6. The fourth-order valence-electron chi connectivity index (χ4n) is 6.58. The Morgan fingerprint density at radius 2 is 1.77 bits per heavy atom. The van der Waals surface area contributed by atoms with Gasteiger partial charge in [-0.3, -0.25) is 0 Å². The van der Waals surface area contributed by atoms with Crippen LogP contribution in [0.3, 0.4) is 0 Å². The van der Waals surface area contributed by atoms with Crippen molar-refractivity contribution >= 4 is 37.4 Å². The second-order valence-electron chi connectivity index (χ2n) is 12.5. The molecule has 3 aliphatic heterocycles. The maximum atomic E-state index is 15.6. The highest BCUT2D eigenvalue weighted by molar-refractivity contribution is 7.92. The smallest absolute Gasteiger partial charge is 0.410 e. The summed E-state index contributed by atoms with van der Waals surface area (Å²) in [6.45, 7) is 5.11. The number of hydrogen-bond donors (Lipinski definition) is 0. The average molecular weight is 676 g/mol. The van der Waals surface area contributed by atoms with Gasteiger partial charge >= 0.3 is 6.09 Å². The van der Waals surface area contributed by atoms with Crippen molar-refractivity contribution in [2.45, 2.75) is 73.8 Å². The molecule has 0 saturated carbocycles. The molecule has 2 saturated heterocycles. The first-order chi connectivity index (χ1) is 20.6. The van der Waals surface area contributed by atoms with Gasteiger partial charge in [0.05, 0.1) is 34.7 Å². The third-order valence-electron chi connectivity index (χ3n) is 8.51. The summed E-state index contributed by atoms with van der Waals surface area (Å²) < 4.78 is 101. The topological polar surface area (TPSA) is 116 Å². The number of halogens is 3. The van der Waals surface area contributed by atoms with E-state index in [1.807, 2.05) is 0 Å². The van der Waals surface area contributed by atoms with E-state index in [0.717, 1.165) is 12.1 Å². The molecular formula is C30H36ClF2NO8S2. The van der Waals surface area contributed by atoms with Crippen molar-refractivity contribution in [1.29, 1.82) is 0 Å². The monoisotopic (exact) mass is 675 g/mol. The van der Waals surface area contributed by atoms with Gasteiger partial charge in [0.2, 0.25) is 0 Å². The number of likely N-dealkylation sites (tertiary alicyclic amines) is 1. The van der Waals surface area contributed by atoms with Crippen molar-refractivity contribution in [2.75, 3.05) is 31.3 Å². The Morgan fingerprint density at radius 1 is 1.09 bits per heavy atom. The van der Waals surface area contributed by atoms with Crippen molar-refractivity contribution < 1.29 is 44.6 Å². The van der Waals surface area contributed by atoms with Gasteiger partial charge in [-0.2, -0.15) is 0 Å². The largest absolute Gasteiger partial charge is 0.490 e. The number of rotatable bonds is 7. The van der Waals surface area contributed by atoms with Gasteiger partial charge in [-0.05, 0) is 82.9 Å². The number of amides is 1. The van der Waals surface area contributed by atoms with Crippen LogP contribution in [-0.2, 0) is 33.9 Å². The van der Waals surface area contributed by atoms with Crippen LogP contribution in [0, 0.1) is 17.6 Å². The third kappa shape index (κ3) is 6.17. The maximum absolute atomic E-state index is 15.6. The number of carbonyl (C=O) groups is 1. The first-order valence-electron chi connectivity index (χ1n) is 14.5. The third-order valence-corrected chi connectivity index (χ3v) is 13.1. The molecule has 44 heavy (non-hydrogen) atoms. The molecule has 0 aromatic heterocycles. The van der Waals surface area contributed by atoms with E-state index in [0.29, 0.717) is 24.4 Å². The predicted octanol–water partition coefficient (Wildman–Crippen LogP) is 5.29. The minimum Gasteiger partial charge on any atom is -0.490 e. The molecule has 14 heteroatoms. The molecule has 3 aliphatic rings. The number of nitrogens with zero attached hydrogens (tertiary/aromatic N) is 1. The van der Waals surface area contributed by atoms with Crippen LogP contribution in [0.1, 0.15) is 52.0 Å². The van der Waals surface area contributed by atoms with Crippen molar-refractivity contribution in [3.05, 3.63) is 58.6 Å². The van der Waals surface area contributed by atoms with Crippen molar-refractivity contribution in [2.24, 2.45) is 5.92 Å². The number of hydrogen-bond acceptors (Lipinski definition) is 8. The molecule has 0 unspecified atom stereocenters. The van der Waals surface area contributed by atoms with E-state index in [1.165, 1.54) is 29.2 Å². The molecule has 3 heterocycles. The van der Waals surface area contributed by atoms with Gasteiger partial charge in [-0.25, -0.2) is 30.4 Å². The Kier molecular flexibility index (Phi) is 9.00. The van der Waals surface area contributed by atoms with Crippen molar-refractivity contribution in [1.82, 2.24) is 4.90 Å². The van der Waals surface area contributed by atoms with E-state index in [9.17, 15) is 26.0 Å². The van der Waals surface area contributed by atoms with Crippen LogP contribution in [-0.4, -0.2) is 76.8 Å². The summed E-state index contributed by atoms with van der Waals surface area (Å²) in [6.07, 6.45) is -0.719. The van der Waals surface area contributed by atoms with Gasteiger partial charge in [0, 0.05) is 30.1 Å². The highest BCUT2D eigenvalue weighted by atomic mass is 35.5. The molecule has 0 radical (unpaired) electrons. The molecule has 4 atom stereocenters. The zero-order valence-electron chi connectivity index (χ0n) is 24.7. The summed E-state index contributed by atoms with van der Waals surface area (Å²) in [5.41, 5.74) is -1.15. The molecule has 2 aromatic carbocycles. The molecular weight excluding hydrogens is 640 g/mol. The molecule has 0 N–H and O–H groups in total. The summed E-state index contributed by atoms with van der Waals surface area (Å²) in [7, 11) is -8.19. The molecule has 2 fully saturated rings. The van der Waals surface area contributed by atoms with Crippen molar-refractivity contribution in [3.63, 3.8) is 0 Å². The van der Waals surface area contributed by atoms with E-state index in [4.69, 9.17) is 25.8 Å². The molecule has 5 rings (SSSR count). The number of benzene rings is 2. The Hall–Kier alpha value is -2.48. The molecule has 2 aromatic rings. The average Bonchev–Trinajstić information content (AvgIpc) is 3.40. The lowest BCUT2D eigenvalue weighted by Gasteiger charge is -2.50. The highest BCUT2D eigenvalue weighted by Crippen LogP contribution is 2.56. The Labute approximate surface area is 261 Å². The molecule has 0 aliphatic carbocycles. The van der Waals surface area contributed by atoms with Crippen LogP contribution in [0.5, 0.6) is 5.75 Å². The standard InChI is InChI=1S/C30H36ClF2NO8S2/c1-29(2,3)42-28(35)34-14-4-5-20(34)18-43(36,37)16-12-25-22-17-41-27-24(33)11-10-23(32)26(27)30(22,13-15-40-25)44(38,39)21-8-6-19(31)7-9-21/h6-11,20,22,25H,4-5,12-18H2,1-3H3/t20-,22-,25-,30-/m0/s1. The summed E-state index contributed by atoms with van der Waals surface area (Å²) in [5.74, 6) is -4.04. The summed E-state index contributed by atoms with van der Waals surface area (Å²) in [4.78, 5) is 14.0. The quantitative estimate of drug-likeness (QED) is 0.389. The van der Waals surface area contributed by atoms with E-state index < -0.39 is 77.1 Å². The van der Waals surface area contributed by atoms with Gasteiger partial charge in [0.25, 0.3) is 0 Å². The SMILES string of the molecule is CC(C)(C)OC(=O)N1CCC[C@H]1CS(=O)(=O)CC[C@@H]1OCC[C@@]2(S(=O)(=O)c3ccc(Cl)cc3)c3c(F)ccc(F)c3OC[C@@H]12. The van der Waals surface area contributed by atoms with Crippen LogP contribution < -0.4 is 4.74 Å². The van der Waals surface area contributed by atoms with E-state index >= 15 is 4.39 Å². The summed E-state index contributed by atoms with van der Waals surface area (Å²) >= 11 is 6.00. The summed E-state index contributed by atoms with van der Waals surface area (Å²) in [5, 5.41) is 0.296. The van der Waals surface area contributed by atoms with Crippen LogP contribution in [0.2, 0.25) is 5.02 Å². The minimum absolute atomic E-state index is 0.111. The molecule has 0 bridgehead atoms. The Bertz CT molecular complexity index is 1630. The first kappa shape index (κ1) is 32.9. The van der Waals surface area contributed by atoms with E-state index in [1.54, 1.807) is 20.8 Å². The lowest BCUT2D eigenvalue weighted by Crippen LogP contribution is -2.57. The maximum Gasteiger partial charge on any atom is 0.410 e. The summed E-state index contributed by atoms with van der Waals surface area (Å²) in [6, 6.07) is 6.60. The molecule has 242 valence electrons. The minimum atomic E-state index is -4.42. The number of ether oxygens (including phenoxy) is 3. The second kappa shape index (κ2) is 12.0. The zero-order valence-corrected chi connectivity index (χ0v) is 27.1. The van der Waals surface area contributed by atoms with Crippen LogP contribution in [0.25, 0.3) is 0 Å². The van der Waals surface area contributed by atoms with Crippen LogP contribution >= 0.6 is 11.6 Å². The van der Waals surface area contributed by atoms with E-state index in [-0.39, 0.29) is 42.5 Å². The van der Waals surface area contributed by atoms with E-state index in [2.05, 4.69) is 0 Å². The lowest BCUT2D eigenvalue weighted by molar-refractivity contribution is -0.0732. The molecule has 9 nitrogen and oxygen atoms in total. The Morgan fingerprint density at radius 3 is 2.45 bits per heavy atom. The number of carbonyl (C=O) groups excluding carboxylic acids is 1. The fourth-order valence-corrected chi connectivity index (χ4v) is 10.7. The molecule has 0 spiro atoms. The predicted molar refractivity (Wildman–Crippen MR) is 159 cm³/mol. The zero-order chi connectivity index (χ0) is 32.1. The highest BCUT2D eigenvalue weighted by Gasteiger charge is 2.61. The van der Waals surface area contributed by atoms with Gasteiger partial charge in [0.15, 0.2) is 31.2 Å². The van der Waals surface area contributed by atoms with Gasteiger partial charge in [0.1, 0.15) is 16.2 Å². The fraction of sp³-hybridized carbons (Fsp3) is 0.567. The first-order valence-corrected chi connectivity index (χ1v) is 18.2. The van der Waals surface area contributed by atoms with Crippen LogP contribution in [0.4, 0.5) is 13.6 Å². The lowest BCUT2D eigenvalue weighted by atomic mass is 9.75. The van der Waals surface area contributed by atoms with Gasteiger partial charge < -0.3 is 19.1 Å². The van der Waals surface area contributed by atoms with Crippen LogP contribution in [0.15, 0.2) is 41.3 Å².